The molecule has 188 valence electrons. The maximum Gasteiger partial charge on any atom is 0.318 e. The van der Waals surface area contributed by atoms with Gasteiger partial charge in [0.2, 0.25) is 5.75 Å². The lowest BCUT2D eigenvalue weighted by Crippen LogP contribution is -2.27. The molecule has 37 heavy (non-hydrogen) atoms. The Morgan fingerprint density at radius 1 is 1.00 bits per heavy atom. The molecule has 0 saturated carbocycles. The van der Waals surface area contributed by atoms with Crippen molar-refractivity contribution in [3.05, 3.63) is 103 Å². The lowest BCUT2D eigenvalue weighted by Gasteiger charge is -2.14. The van der Waals surface area contributed by atoms with Crippen LogP contribution in [0.15, 0.2) is 65.6 Å². The van der Waals surface area contributed by atoms with Crippen LogP contribution in [0.25, 0.3) is 6.08 Å². The van der Waals surface area contributed by atoms with Gasteiger partial charge in [0.25, 0.3) is 16.8 Å². The second-order valence-corrected chi connectivity index (χ2v) is 8.50. The molecule has 13 heteroatoms. The fourth-order valence-corrected chi connectivity index (χ4v) is 4.28. The van der Waals surface area contributed by atoms with E-state index in [-0.39, 0.29) is 39.8 Å². The van der Waals surface area contributed by atoms with Crippen LogP contribution in [-0.2, 0) is 11.3 Å². The molecule has 0 aromatic heterocycles. The Balaban J connectivity index is 1.70. The van der Waals surface area contributed by atoms with E-state index < -0.39 is 38.2 Å². The third kappa shape index (κ3) is 5.26. The Hall–Kier alpha value is -4.78. The van der Waals surface area contributed by atoms with Crippen molar-refractivity contribution in [2.75, 3.05) is 7.11 Å². The predicted octanol–water partition coefficient (Wildman–Crippen LogP) is 5.68. The summed E-state index contributed by atoms with van der Waals surface area (Å²) in [7, 11) is 1.33. The van der Waals surface area contributed by atoms with Gasteiger partial charge in [-0.1, -0.05) is 30.3 Å². The van der Waals surface area contributed by atoms with Crippen LogP contribution < -0.4 is 9.47 Å². The third-order valence-corrected chi connectivity index (χ3v) is 6.15. The van der Waals surface area contributed by atoms with Crippen molar-refractivity contribution in [1.82, 2.24) is 4.90 Å². The van der Waals surface area contributed by atoms with Crippen LogP contribution in [0.3, 0.4) is 0 Å². The van der Waals surface area contributed by atoms with Crippen LogP contribution in [0.2, 0.25) is 0 Å². The number of amides is 2. The van der Waals surface area contributed by atoms with Crippen molar-refractivity contribution in [2.24, 2.45) is 0 Å². The Morgan fingerprint density at radius 3 is 2.43 bits per heavy atom. The van der Waals surface area contributed by atoms with Crippen LogP contribution in [0.4, 0.5) is 20.6 Å². The van der Waals surface area contributed by atoms with Gasteiger partial charge in [0.05, 0.1) is 34.5 Å². The van der Waals surface area contributed by atoms with Gasteiger partial charge in [-0.25, -0.2) is 4.39 Å². The van der Waals surface area contributed by atoms with E-state index in [9.17, 15) is 34.2 Å². The number of imide groups is 1. The van der Waals surface area contributed by atoms with Gasteiger partial charge >= 0.3 is 5.69 Å². The fourth-order valence-electron chi connectivity index (χ4n) is 3.45. The predicted molar refractivity (Wildman–Crippen MR) is 131 cm³/mol. The maximum absolute atomic E-state index is 14.1. The van der Waals surface area contributed by atoms with E-state index in [0.29, 0.717) is 11.8 Å². The highest BCUT2D eigenvalue weighted by Gasteiger charge is 2.36. The zero-order valence-electron chi connectivity index (χ0n) is 19.0. The highest BCUT2D eigenvalue weighted by molar-refractivity contribution is 8.18. The van der Waals surface area contributed by atoms with Crippen LogP contribution in [0.1, 0.15) is 11.1 Å². The average molecular weight is 525 g/mol. The van der Waals surface area contributed by atoms with Crippen LogP contribution in [0, 0.1) is 26.0 Å². The van der Waals surface area contributed by atoms with E-state index in [0.717, 1.165) is 23.1 Å². The molecule has 1 fully saturated rings. The summed E-state index contributed by atoms with van der Waals surface area (Å²) in [5, 5.41) is 22.0. The van der Waals surface area contributed by atoms with Gasteiger partial charge in [-0.3, -0.25) is 34.7 Å². The first-order valence-electron chi connectivity index (χ1n) is 10.5. The molecule has 4 rings (SSSR count). The van der Waals surface area contributed by atoms with E-state index in [1.54, 1.807) is 12.1 Å². The number of halogens is 1. The summed E-state index contributed by atoms with van der Waals surface area (Å²) in [6.07, 6.45) is 1.35. The first-order chi connectivity index (χ1) is 17.7. The smallest absolute Gasteiger partial charge is 0.318 e. The molecule has 2 amide bonds. The zero-order chi connectivity index (χ0) is 26.7. The van der Waals surface area contributed by atoms with Gasteiger partial charge < -0.3 is 9.47 Å². The molecular formula is C24H16FN3O8S. The summed E-state index contributed by atoms with van der Waals surface area (Å²) in [5.41, 5.74) is -0.746. The van der Waals surface area contributed by atoms with Crippen molar-refractivity contribution in [3.63, 3.8) is 0 Å². The van der Waals surface area contributed by atoms with Crippen molar-refractivity contribution in [2.45, 2.75) is 6.54 Å². The van der Waals surface area contributed by atoms with Crippen LogP contribution in [-0.4, -0.2) is 33.0 Å². The van der Waals surface area contributed by atoms with E-state index in [2.05, 4.69) is 0 Å². The number of nitrogens with zero attached hydrogens (tertiary/aromatic N) is 3. The number of nitro benzene ring substituents is 2. The van der Waals surface area contributed by atoms with Crippen molar-refractivity contribution in [3.8, 4) is 17.2 Å². The summed E-state index contributed by atoms with van der Waals surface area (Å²) in [5.74, 6) is -1.40. The van der Waals surface area contributed by atoms with E-state index in [1.807, 2.05) is 0 Å². The second-order valence-electron chi connectivity index (χ2n) is 7.51. The summed E-state index contributed by atoms with van der Waals surface area (Å²) >= 11 is 0.640. The highest BCUT2D eigenvalue weighted by Crippen LogP contribution is 2.42. The minimum Gasteiger partial charge on any atom is -0.493 e. The number of para-hydroxylation sites is 1. The zero-order valence-corrected chi connectivity index (χ0v) is 19.8. The number of benzene rings is 3. The lowest BCUT2D eigenvalue weighted by molar-refractivity contribution is -0.394. The minimum absolute atomic E-state index is 0.0117. The molecule has 3 aromatic rings. The highest BCUT2D eigenvalue weighted by atomic mass is 32.2. The van der Waals surface area contributed by atoms with Gasteiger partial charge in [-0.05, 0) is 36.0 Å². The number of non-ortho nitro benzene ring substituents is 1. The molecule has 1 saturated heterocycles. The molecule has 0 unspecified atom stereocenters. The molecule has 0 aliphatic carbocycles. The first kappa shape index (κ1) is 25.3. The summed E-state index contributed by atoms with van der Waals surface area (Å²) < 4.78 is 25.1. The molecule has 1 aliphatic rings. The van der Waals surface area contributed by atoms with Crippen molar-refractivity contribution < 1.29 is 33.3 Å². The number of carbonyl (C=O) groups excluding carboxylic acids is 2. The average Bonchev–Trinajstić information content (AvgIpc) is 3.13. The molecule has 11 nitrogen and oxygen atoms in total. The van der Waals surface area contributed by atoms with Crippen LogP contribution in [0.5, 0.6) is 17.2 Å². The van der Waals surface area contributed by atoms with Gasteiger partial charge in [0.15, 0.2) is 11.5 Å². The molecule has 0 atom stereocenters. The summed E-state index contributed by atoms with van der Waals surface area (Å²) in [6, 6.07) is 13.3. The Labute approximate surface area is 212 Å². The minimum atomic E-state index is -0.828. The molecule has 1 aliphatic heterocycles. The topological polar surface area (TPSA) is 142 Å². The number of thioether (sulfide) groups is 1. The summed E-state index contributed by atoms with van der Waals surface area (Å²) in [4.78, 5) is 47.4. The van der Waals surface area contributed by atoms with Gasteiger partial charge in [0.1, 0.15) is 5.82 Å². The molecule has 0 N–H and O–H groups in total. The molecule has 0 spiro atoms. The Kier molecular flexibility index (Phi) is 7.15. The molecule has 3 aromatic carbocycles. The van der Waals surface area contributed by atoms with Gasteiger partial charge in [0, 0.05) is 17.2 Å². The van der Waals surface area contributed by atoms with E-state index in [1.165, 1.54) is 43.5 Å². The number of methoxy groups -OCH3 is 1. The van der Waals surface area contributed by atoms with Crippen molar-refractivity contribution >= 4 is 40.4 Å². The fraction of sp³-hybridized carbons (Fsp3) is 0.0833. The van der Waals surface area contributed by atoms with Gasteiger partial charge in [-0.15, -0.1) is 0 Å². The largest absolute Gasteiger partial charge is 0.493 e. The number of carbonyl (C=O) groups is 2. The quantitative estimate of drug-likeness (QED) is 0.206. The SMILES string of the molecule is COc1cccc(/C=C2/SC(=O)N(Cc3ccccc3F)C2=O)c1Oc1ccc([N+](=O)[O-])cc1[N+](=O)[O-]. The Morgan fingerprint density at radius 2 is 1.76 bits per heavy atom. The number of nitro groups is 2. The molecular weight excluding hydrogens is 509 g/mol. The van der Waals surface area contributed by atoms with Crippen LogP contribution >= 0.6 is 11.8 Å². The lowest BCUT2D eigenvalue weighted by atomic mass is 10.1. The van der Waals surface area contributed by atoms with E-state index in [4.69, 9.17) is 9.47 Å². The first-order valence-corrected chi connectivity index (χ1v) is 11.3. The second kappa shape index (κ2) is 10.5. The molecule has 0 radical (unpaired) electrons. The standard InChI is InChI=1S/C24H16FN3O8S/c1-35-20-8-4-6-14(22(20)36-19-10-9-16(27(31)32)12-18(19)28(33)34)11-21-23(29)26(24(30)37-21)13-15-5-2-3-7-17(15)25/h2-12H,13H2,1H3/b21-11+. The van der Waals surface area contributed by atoms with Gasteiger partial charge in [-0.2, -0.15) is 0 Å². The Bertz CT molecular complexity index is 1480. The molecule has 1 heterocycles. The third-order valence-electron chi connectivity index (χ3n) is 5.24. The number of ether oxygens (including phenoxy) is 2. The normalized spacial score (nSPS) is 14.2. The van der Waals surface area contributed by atoms with Crippen molar-refractivity contribution in [1.29, 1.82) is 0 Å². The number of rotatable bonds is 8. The maximum atomic E-state index is 14.1. The monoisotopic (exact) mass is 525 g/mol. The summed E-state index contributed by atoms with van der Waals surface area (Å²) in [6.45, 7) is -0.259. The van der Waals surface area contributed by atoms with E-state index >= 15 is 0 Å². The number of hydrogen-bond acceptors (Lipinski definition) is 9. The molecule has 0 bridgehead atoms. The number of hydrogen-bond donors (Lipinski definition) is 0.